The van der Waals surface area contributed by atoms with Crippen LogP contribution in [0.2, 0.25) is 0 Å². The fourth-order valence-electron chi connectivity index (χ4n) is 3.00. The van der Waals surface area contributed by atoms with Gasteiger partial charge < -0.3 is 10.0 Å². The van der Waals surface area contributed by atoms with Crippen molar-refractivity contribution in [2.45, 2.75) is 26.2 Å². The molecule has 0 spiro atoms. The standard InChI is InChI=1S/C21H22N2O3S/c1-14-18(13-20(24)23(2)11-10-21(25)26)27-19(22-14)12-16-8-5-7-15-6-3-4-9-17(15)16/h3-9H,10-13H2,1-2H3,(H,25,26). The van der Waals surface area contributed by atoms with Gasteiger partial charge in [0.05, 0.1) is 23.5 Å². The van der Waals surface area contributed by atoms with Gasteiger partial charge in [-0.15, -0.1) is 11.3 Å². The van der Waals surface area contributed by atoms with Crippen molar-refractivity contribution in [3.8, 4) is 0 Å². The molecule has 0 atom stereocenters. The Balaban J connectivity index is 1.72. The fourth-order valence-corrected chi connectivity index (χ4v) is 4.08. The SMILES string of the molecule is Cc1nc(Cc2cccc3ccccc23)sc1CC(=O)N(C)CCC(=O)O. The number of rotatable bonds is 7. The number of aryl methyl sites for hydroxylation is 1. The Kier molecular flexibility index (Phi) is 5.86. The summed E-state index contributed by atoms with van der Waals surface area (Å²) in [5.74, 6) is -0.985. The molecule has 0 radical (unpaired) electrons. The molecule has 1 N–H and O–H groups in total. The lowest BCUT2D eigenvalue weighted by Crippen LogP contribution is -2.30. The van der Waals surface area contributed by atoms with Gasteiger partial charge in [0.2, 0.25) is 5.91 Å². The summed E-state index contributed by atoms with van der Waals surface area (Å²) in [4.78, 5) is 30.1. The van der Waals surface area contributed by atoms with E-state index in [0.717, 1.165) is 22.0 Å². The van der Waals surface area contributed by atoms with Crippen LogP contribution in [-0.4, -0.2) is 40.5 Å². The second kappa shape index (κ2) is 8.31. The molecule has 1 aromatic heterocycles. The van der Waals surface area contributed by atoms with E-state index >= 15 is 0 Å². The van der Waals surface area contributed by atoms with Crippen molar-refractivity contribution in [3.05, 3.63) is 63.6 Å². The summed E-state index contributed by atoms with van der Waals surface area (Å²) in [6.45, 7) is 2.14. The molecule has 6 heteroatoms. The maximum absolute atomic E-state index is 12.3. The Morgan fingerprint density at radius 3 is 2.67 bits per heavy atom. The molecule has 3 rings (SSSR count). The normalized spacial score (nSPS) is 10.9. The molecule has 0 saturated heterocycles. The van der Waals surface area contributed by atoms with Crippen LogP contribution in [0.15, 0.2) is 42.5 Å². The first kappa shape index (κ1) is 19.0. The van der Waals surface area contributed by atoms with Crippen LogP contribution in [0.25, 0.3) is 10.8 Å². The third-order valence-electron chi connectivity index (χ3n) is 4.56. The van der Waals surface area contributed by atoms with Crippen molar-refractivity contribution in [3.63, 3.8) is 0 Å². The first-order valence-electron chi connectivity index (χ1n) is 8.81. The molecule has 2 aromatic carbocycles. The smallest absolute Gasteiger partial charge is 0.305 e. The summed E-state index contributed by atoms with van der Waals surface area (Å²) >= 11 is 1.56. The molecule has 0 fully saturated rings. The van der Waals surface area contributed by atoms with Crippen LogP contribution in [0.1, 0.15) is 27.6 Å². The molecule has 0 saturated carbocycles. The first-order valence-corrected chi connectivity index (χ1v) is 9.63. The second-order valence-electron chi connectivity index (χ2n) is 6.57. The number of benzene rings is 2. The van der Waals surface area contributed by atoms with Gasteiger partial charge in [-0.3, -0.25) is 9.59 Å². The summed E-state index contributed by atoms with van der Waals surface area (Å²) in [6.07, 6.45) is 0.946. The van der Waals surface area contributed by atoms with Crippen LogP contribution in [0.5, 0.6) is 0 Å². The highest BCUT2D eigenvalue weighted by molar-refractivity contribution is 7.11. The van der Waals surface area contributed by atoms with Gasteiger partial charge in [0.25, 0.3) is 0 Å². The van der Waals surface area contributed by atoms with Gasteiger partial charge in [0.1, 0.15) is 0 Å². The number of amides is 1. The summed E-state index contributed by atoms with van der Waals surface area (Å²) < 4.78 is 0. The Morgan fingerprint density at radius 2 is 1.89 bits per heavy atom. The molecule has 0 aliphatic carbocycles. The third kappa shape index (κ3) is 4.71. The minimum absolute atomic E-state index is 0.0454. The van der Waals surface area contributed by atoms with Crippen molar-refractivity contribution in [1.29, 1.82) is 0 Å². The highest BCUT2D eigenvalue weighted by Crippen LogP contribution is 2.25. The lowest BCUT2D eigenvalue weighted by atomic mass is 10.0. The Morgan fingerprint density at radius 1 is 1.15 bits per heavy atom. The van der Waals surface area contributed by atoms with Gasteiger partial charge in [-0.1, -0.05) is 42.5 Å². The monoisotopic (exact) mass is 382 g/mol. The molecule has 0 unspecified atom stereocenters. The van der Waals surface area contributed by atoms with E-state index in [1.165, 1.54) is 21.2 Å². The van der Waals surface area contributed by atoms with E-state index in [0.29, 0.717) is 0 Å². The van der Waals surface area contributed by atoms with Gasteiger partial charge in [0, 0.05) is 24.9 Å². The highest BCUT2D eigenvalue weighted by Gasteiger charge is 2.16. The highest BCUT2D eigenvalue weighted by atomic mass is 32.1. The maximum Gasteiger partial charge on any atom is 0.305 e. The van der Waals surface area contributed by atoms with Crippen LogP contribution in [0, 0.1) is 6.92 Å². The molecular weight excluding hydrogens is 360 g/mol. The van der Waals surface area contributed by atoms with E-state index in [9.17, 15) is 9.59 Å². The fraction of sp³-hybridized carbons (Fsp3) is 0.286. The maximum atomic E-state index is 12.3. The second-order valence-corrected chi connectivity index (χ2v) is 7.74. The number of carboxylic acid groups (broad SMARTS) is 1. The first-order chi connectivity index (χ1) is 12.9. The summed E-state index contributed by atoms with van der Waals surface area (Å²) in [6, 6.07) is 14.6. The lowest BCUT2D eigenvalue weighted by molar-refractivity contribution is -0.138. The number of fused-ring (bicyclic) bond motifs is 1. The van der Waals surface area contributed by atoms with Gasteiger partial charge in [0.15, 0.2) is 0 Å². The Hall–Kier alpha value is -2.73. The Bertz CT molecular complexity index is 975. The van der Waals surface area contributed by atoms with Crippen molar-refractivity contribution in [2.24, 2.45) is 0 Å². The molecule has 27 heavy (non-hydrogen) atoms. The van der Waals surface area contributed by atoms with Gasteiger partial charge in [-0.05, 0) is 23.3 Å². The third-order valence-corrected chi connectivity index (χ3v) is 5.71. The van der Waals surface area contributed by atoms with Crippen LogP contribution in [0.3, 0.4) is 0 Å². The van der Waals surface area contributed by atoms with Crippen LogP contribution < -0.4 is 0 Å². The van der Waals surface area contributed by atoms with Crippen LogP contribution in [-0.2, 0) is 22.4 Å². The number of aromatic nitrogens is 1. The molecule has 1 heterocycles. The van der Waals surface area contributed by atoms with Crippen molar-refractivity contribution in [1.82, 2.24) is 9.88 Å². The van der Waals surface area contributed by atoms with Crippen molar-refractivity contribution < 1.29 is 14.7 Å². The molecule has 140 valence electrons. The van der Waals surface area contributed by atoms with Crippen molar-refractivity contribution >= 4 is 34.0 Å². The van der Waals surface area contributed by atoms with E-state index in [-0.39, 0.29) is 25.3 Å². The quantitative estimate of drug-likeness (QED) is 0.677. The number of carbonyl (C=O) groups is 2. The lowest BCUT2D eigenvalue weighted by Gasteiger charge is -2.15. The van der Waals surface area contributed by atoms with E-state index in [1.807, 2.05) is 19.1 Å². The van der Waals surface area contributed by atoms with Gasteiger partial charge >= 0.3 is 5.97 Å². The largest absolute Gasteiger partial charge is 0.481 e. The zero-order valence-electron chi connectivity index (χ0n) is 15.4. The molecule has 1 amide bonds. The number of hydrogen-bond donors (Lipinski definition) is 1. The topological polar surface area (TPSA) is 70.5 Å². The van der Waals surface area contributed by atoms with Crippen molar-refractivity contribution in [2.75, 3.05) is 13.6 Å². The molecule has 0 aliphatic heterocycles. The van der Waals surface area contributed by atoms with Crippen LogP contribution >= 0.6 is 11.3 Å². The minimum atomic E-state index is -0.902. The molecule has 3 aromatic rings. The van der Waals surface area contributed by atoms with E-state index in [2.05, 4.69) is 35.3 Å². The molecule has 0 aliphatic rings. The predicted octanol–water partition coefficient (Wildman–Crippen LogP) is 3.67. The molecule has 0 bridgehead atoms. The summed E-state index contributed by atoms with van der Waals surface area (Å²) in [5.41, 5.74) is 2.09. The molecule has 5 nitrogen and oxygen atoms in total. The van der Waals surface area contributed by atoms with Gasteiger partial charge in [-0.2, -0.15) is 0 Å². The zero-order valence-corrected chi connectivity index (χ0v) is 16.3. The van der Waals surface area contributed by atoms with E-state index < -0.39 is 5.97 Å². The average molecular weight is 382 g/mol. The number of hydrogen-bond acceptors (Lipinski definition) is 4. The summed E-state index contributed by atoms with van der Waals surface area (Å²) in [5, 5.41) is 12.2. The van der Waals surface area contributed by atoms with Crippen LogP contribution in [0.4, 0.5) is 0 Å². The van der Waals surface area contributed by atoms with E-state index in [1.54, 1.807) is 18.4 Å². The number of carbonyl (C=O) groups excluding carboxylic acids is 1. The number of thiazole rings is 1. The van der Waals surface area contributed by atoms with E-state index in [4.69, 9.17) is 5.11 Å². The van der Waals surface area contributed by atoms with Gasteiger partial charge in [-0.25, -0.2) is 4.98 Å². The summed E-state index contributed by atoms with van der Waals surface area (Å²) in [7, 11) is 1.64. The zero-order chi connectivity index (χ0) is 19.4. The average Bonchev–Trinajstić information content (AvgIpc) is 2.99. The number of nitrogens with zero attached hydrogens (tertiary/aromatic N) is 2. The Labute approximate surface area is 162 Å². The number of carboxylic acids is 1. The minimum Gasteiger partial charge on any atom is -0.481 e. The molecular formula is C21H22N2O3S. The predicted molar refractivity (Wildman–Crippen MR) is 107 cm³/mol. The number of aliphatic carboxylic acids is 1. The number of likely N-dealkylation sites (N-methyl/N-ethyl adjacent to an activating group) is 1.